The summed E-state index contributed by atoms with van der Waals surface area (Å²) in [5.41, 5.74) is 0.509. The van der Waals surface area contributed by atoms with E-state index in [-0.39, 0.29) is 5.82 Å². The Morgan fingerprint density at radius 1 is 1.33 bits per heavy atom. The molecule has 0 unspecified atom stereocenters. The van der Waals surface area contributed by atoms with Gasteiger partial charge in [-0.05, 0) is 19.1 Å². The van der Waals surface area contributed by atoms with Crippen LogP contribution < -0.4 is 5.32 Å². The van der Waals surface area contributed by atoms with Gasteiger partial charge in [0, 0.05) is 17.5 Å². The third kappa shape index (κ3) is 3.28. The number of aryl methyl sites for hydroxylation is 2. The average molecular weight is 382 g/mol. The quantitative estimate of drug-likeness (QED) is 0.736. The van der Waals surface area contributed by atoms with E-state index in [1.54, 1.807) is 24.4 Å². The number of aromatic nitrogens is 4. The number of nitrogens with zero attached hydrogens (tertiary/aromatic N) is 4. The summed E-state index contributed by atoms with van der Waals surface area (Å²) in [5, 5.41) is 8.34. The minimum absolute atomic E-state index is 0.0377. The van der Waals surface area contributed by atoms with Crippen molar-refractivity contribution in [2.75, 3.05) is 5.32 Å². The van der Waals surface area contributed by atoms with E-state index in [1.165, 1.54) is 16.0 Å². The van der Waals surface area contributed by atoms with Crippen LogP contribution in [0.25, 0.3) is 5.69 Å². The van der Waals surface area contributed by atoms with Crippen LogP contribution in [-0.2, 0) is 6.42 Å². The number of nitrogens with one attached hydrogen (secondary N) is 1. The van der Waals surface area contributed by atoms with Crippen molar-refractivity contribution in [3.05, 3.63) is 51.0 Å². The minimum Gasteiger partial charge on any atom is -0.295 e. The van der Waals surface area contributed by atoms with Gasteiger partial charge in [-0.3, -0.25) is 10.1 Å². The molecule has 0 aliphatic carbocycles. The molecule has 0 saturated heterocycles. The SMILES string of the molecule is CCc1nc(C(=O)Nc2ncc(C)s2)nn1-c1c(Cl)cccc1Cl. The molecule has 0 aliphatic heterocycles. The van der Waals surface area contributed by atoms with Gasteiger partial charge >= 0.3 is 0 Å². The number of carbonyl (C=O) groups is 1. The second-order valence-corrected chi connectivity index (χ2v) is 6.97. The van der Waals surface area contributed by atoms with Gasteiger partial charge in [-0.1, -0.05) is 36.2 Å². The van der Waals surface area contributed by atoms with Crippen LogP contribution in [0, 0.1) is 6.92 Å². The molecule has 0 fully saturated rings. The number of anilines is 1. The Kier molecular flexibility index (Phi) is 4.84. The van der Waals surface area contributed by atoms with Gasteiger partial charge in [0.2, 0.25) is 5.82 Å². The maximum atomic E-state index is 12.4. The highest BCUT2D eigenvalue weighted by atomic mass is 35.5. The highest BCUT2D eigenvalue weighted by molar-refractivity contribution is 7.15. The molecule has 1 N–H and O–H groups in total. The van der Waals surface area contributed by atoms with Crippen LogP contribution in [0.2, 0.25) is 10.0 Å². The largest absolute Gasteiger partial charge is 0.297 e. The van der Waals surface area contributed by atoms with E-state index in [2.05, 4.69) is 20.4 Å². The van der Waals surface area contributed by atoms with E-state index in [1.807, 2.05) is 13.8 Å². The first-order valence-corrected chi connectivity index (χ1v) is 8.71. The van der Waals surface area contributed by atoms with Gasteiger partial charge < -0.3 is 0 Å². The lowest BCUT2D eigenvalue weighted by Gasteiger charge is -2.08. The summed E-state index contributed by atoms with van der Waals surface area (Å²) in [5.74, 6) is 0.196. The maximum Gasteiger partial charge on any atom is 0.297 e. The molecule has 6 nitrogen and oxygen atoms in total. The number of benzene rings is 1. The Balaban J connectivity index is 1.97. The molecule has 9 heteroatoms. The topological polar surface area (TPSA) is 72.7 Å². The summed E-state index contributed by atoms with van der Waals surface area (Å²) in [6, 6.07) is 5.17. The molecule has 0 bridgehead atoms. The van der Waals surface area contributed by atoms with Crippen LogP contribution >= 0.6 is 34.5 Å². The van der Waals surface area contributed by atoms with Crippen molar-refractivity contribution in [2.24, 2.45) is 0 Å². The molecule has 1 amide bonds. The normalized spacial score (nSPS) is 10.8. The maximum absolute atomic E-state index is 12.4. The molecule has 0 atom stereocenters. The zero-order chi connectivity index (χ0) is 17.3. The first-order valence-electron chi connectivity index (χ1n) is 7.13. The summed E-state index contributed by atoms with van der Waals surface area (Å²) < 4.78 is 1.51. The number of thiazole rings is 1. The van der Waals surface area contributed by atoms with Crippen LogP contribution in [0.1, 0.15) is 28.2 Å². The van der Waals surface area contributed by atoms with Crippen LogP contribution in [-0.4, -0.2) is 25.7 Å². The molecule has 2 heterocycles. The Hall–Kier alpha value is -1.96. The van der Waals surface area contributed by atoms with Crippen LogP contribution in [0.15, 0.2) is 24.4 Å². The van der Waals surface area contributed by atoms with Crippen LogP contribution in [0.5, 0.6) is 0 Å². The molecular weight excluding hydrogens is 369 g/mol. The smallest absolute Gasteiger partial charge is 0.295 e. The van der Waals surface area contributed by atoms with Crippen molar-refractivity contribution in [3.8, 4) is 5.69 Å². The van der Waals surface area contributed by atoms with E-state index < -0.39 is 5.91 Å². The van der Waals surface area contributed by atoms with Gasteiger partial charge in [0.1, 0.15) is 11.5 Å². The highest BCUT2D eigenvalue weighted by Crippen LogP contribution is 2.29. The third-order valence-corrected chi connectivity index (χ3v) is 4.62. The molecule has 2 aromatic heterocycles. The van der Waals surface area contributed by atoms with Gasteiger partial charge in [-0.15, -0.1) is 16.4 Å². The molecule has 24 heavy (non-hydrogen) atoms. The van der Waals surface area contributed by atoms with Crippen molar-refractivity contribution in [3.63, 3.8) is 0 Å². The zero-order valence-electron chi connectivity index (χ0n) is 12.9. The first kappa shape index (κ1) is 16.9. The van der Waals surface area contributed by atoms with E-state index in [9.17, 15) is 4.79 Å². The standard InChI is InChI=1S/C15H13Cl2N5OS/c1-3-11-19-13(14(23)20-15-18-7-8(2)24-15)21-22(11)12-9(16)5-4-6-10(12)17/h4-7H,3H2,1-2H3,(H,18,20,23). The summed E-state index contributed by atoms with van der Waals surface area (Å²) in [4.78, 5) is 21.7. The number of carbonyl (C=O) groups excluding carboxylic acids is 1. The molecule has 0 aliphatic rings. The van der Waals surface area contributed by atoms with E-state index >= 15 is 0 Å². The Morgan fingerprint density at radius 2 is 2.04 bits per heavy atom. The number of amides is 1. The summed E-state index contributed by atoms with van der Waals surface area (Å²) >= 11 is 13.8. The predicted octanol–water partition coefficient (Wildman–Crippen LogP) is 4.15. The van der Waals surface area contributed by atoms with Crippen molar-refractivity contribution in [1.82, 2.24) is 19.7 Å². The zero-order valence-corrected chi connectivity index (χ0v) is 15.2. The molecule has 0 saturated carbocycles. The number of rotatable bonds is 4. The van der Waals surface area contributed by atoms with Crippen LogP contribution in [0.4, 0.5) is 5.13 Å². The number of hydrogen-bond acceptors (Lipinski definition) is 5. The van der Waals surface area contributed by atoms with Crippen molar-refractivity contribution >= 4 is 45.6 Å². The number of hydrogen-bond donors (Lipinski definition) is 1. The summed E-state index contributed by atoms with van der Waals surface area (Å²) in [6.07, 6.45) is 2.26. The monoisotopic (exact) mass is 381 g/mol. The molecule has 124 valence electrons. The molecule has 3 rings (SSSR count). The predicted molar refractivity (Wildman–Crippen MR) is 95.6 cm³/mol. The number of halogens is 2. The van der Waals surface area contributed by atoms with E-state index in [4.69, 9.17) is 23.2 Å². The molecule has 1 aromatic carbocycles. The Bertz CT molecular complexity index is 885. The average Bonchev–Trinajstić information content (AvgIpc) is 3.13. The van der Waals surface area contributed by atoms with Gasteiger partial charge in [0.25, 0.3) is 5.91 Å². The van der Waals surface area contributed by atoms with Gasteiger partial charge in [0.05, 0.1) is 10.0 Å². The molecule has 0 spiro atoms. The van der Waals surface area contributed by atoms with Gasteiger partial charge in [-0.2, -0.15) is 0 Å². The fraction of sp³-hybridized carbons (Fsp3) is 0.200. The highest BCUT2D eigenvalue weighted by Gasteiger charge is 2.20. The lowest BCUT2D eigenvalue weighted by molar-refractivity contribution is 0.101. The Morgan fingerprint density at radius 3 is 2.62 bits per heavy atom. The van der Waals surface area contributed by atoms with Crippen molar-refractivity contribution in [1.29, 1.82) is 0 Å². The van der Waals surface area contributed by atoms with Gasteiger partial charge in [-0.25, -0.2) is 14.6 Å². The fourth-order valence-corrected chi connectivity index (χ4v) is 3.32. The van der Waals surface area contributed by atoms with Gasteiger partial charge in [0.15, 0.2) is 5.13 Å². The lowest BCUT2D eigenvalue weighted by atomic mass is 10.3. The first-order chi connectivity index (χ1) is 11.5. The lowest BCUT2D eigenvalue weighted by Crippen LogP contribution is -2.14. The van der Waals surface area contributed by atoms with Crippen LogP contribution in [0.3, 0.4) is 0 Å². The third-order valence-electron chi connectivity index (χ3n) is 3.18. The summed E-state index contributed by atoms with van der Waals surface area (Å²) in [7, 11) is 0. The molecular formula is C15H13Cl2N5OS. The summed E-state index contributed by atoms with van der Waals surface area (Å²) in [6.45, 7) is 3.83. The second-order valence-electron chi connectivity index (χ2n) is 4.92. The number of para-hydroxylation sites is 1. The second kappa shape index (κ2) is 6.88. The Labute approximate surface area is 152 Å². The van der Waals surface area contributed by atoms with E-state index in [0.29, 0.717) is 33.1 Å². The van der Waals surface area contributed by atoms with Crippen molar-refractivity contribution < 1.29 is 4.79 Å². The van der Waals surface area contributed by atoms with Crippen molar-refractivity contribution in [2.45, 2.75) is 20.3 Å². The fourth-order valence-electron chi connectivity index (χ4n) is 2.11. The molecule has 0 radical (unpaired) electrons. The minimum atomic E-state index is -0.430. The van der Waals surface area contributed by atoms with E-state index in [0.717, 1.165) is 4.88 Å². The molecule has 3 aromatic rings.